The molecule has 0 amide bonds. The second kappa shape index (κ2) is 10.1. The molecule has 0 bridgehead atoms. The Morgan fingerprint density at radius 3 is 2.20 bits per heavy atom. The van der Waals surface area contributed by atoms with Crippen molar-refractivity contribution in [3.8, 4) is 0 Å². The summed E-state index contributed by atoms with van der Waals surface area (Å²) >= 11 is 12.2. The monoisotopic (exact) mass is 441 g/mol. The molecule has 0 aromatic heterocycles. The molecule has 2 N–H and O–H groups in total. The van der Waals surface area contributed by atoms with Gasteiger partial charge in [-0.2, -0.15) is 0 Å². The van der Waals surface area contributed by atoms with E-state index in [0.29, 0.717) is 27.6 Å². The molecule has 0 saturated carbocycles. The maximum Gasteiger partial charge on any atom is 0.335 e. The van der Waals surface area contributed by atoms with Gasteiger partial charge in [-0.3, -0.25) is 0 Å². The lowest BCUT2D eigenvalue weighted by Gasteiger charge is -2.32. The maximum absolute atomic E-state index is 10.3. The minimum atomic E-state index is -0.875. The Kier molecular flexibility index (Phi) is 7.54. The summed E-state index contributed by atoms with van der Waals surface area (Å²) in [5, 5.41) is 13.1. The fourth-order valence-corrected chi connectivity index (χ4v) is 4.17. The van der Waals surface area contributed by atoms with Crippen molar-refractivity contribution in [1.29, 1.82) is 0 Å². The van der Waals surface area contributed by atoms with Gasteiger partial charge in [-0.1, -0.05) is 71.2 Å². The molecule has 0 radical (unpaired) electrons. The third kappa shape index (κ3) is 5.23. The molecule has 1 aliphatic rings. The molecule has 0 unspecified atom stereocenters. The zero-order valence-electron chi connectivity index (χ0n) is 17.0. The van der Waals surface area contributed by atoms with Crippen LogP contribution in [0, 0.1) is 6.92 Å². The molecule has 3 nitrogen and oxygen atoms in total. The highest BCUT2D eigenvalue weighted by Gasteiger charge is 2.27. The quantitative estimate of drug-likeness (QED) is 0.465. The van der Waals surface area contributed by atoms with Crippen LogP contribution in [0.15, 0.2) is 66.7 Å². The molecule has 156 valence electrons. The van der Waals surface area contributed by atoms with Crippen molar-refractivity contribution in [1.82, 2.24) is 5.32 Å². The molecule has 2 atom stereocenters. The van der Waals surface area contributed by atoms with E-state index in [-0.39, 0.29) is 0 Å². The van der Waals surface area contributed by atoms with Crippen LogP contribution in [0.3, 0.4) is 0 Å². The summed E-state index contributed by atoms with van der Waals surface area (Å²) in [7, 11) is 2.03. The average molecular weight is 442 g/mol. The van der Waals surface area contributed by atoms with Gasteiger partial charge in [-0.05, 0) is 67.8 Å². The zero-order valence-corrected chi connectivity index (χ0v) is 18.5. The third-order valence-electron chi connectivity index (χ3n) is 5.48. The highest BCUT2D eigenvalue weighted by atomic mass is 35.5. The Labute approximate surface area is 187 Å². The Balaban J connectivity index is 0.000000216. The minimum Gasteiger partial charge on any atom is -0.478 e. The zero-order chi connectivity index (χ0) is 21.7. The molecular weight excluding hydrogens is 417 g/mol. The van der Waals surface area contributed by atoms with Gasteiger partial charge in [0.05, 0.1) is 15.6 Å². The fraction of sp³-hybridized carbons (Fsp3) is 0.240. The van der Waals surface area contributed by atoms with E-state index in [1.54, 1.807) is 24.3 Å². The number of fused-ring (bicyclic) bond motifs is 1. The van der Waals surface area contributed by atoms with Crippen LogP contribution in [0.5, 0.6) is 0 Å². The van der Waals surface area contributed by atoms with Crippen molar-refractivity contribution < 1.29 is 9.90 Å². The first kappa shape index (κ1) is 22.4. The predicted molar refractivity (Wildman–Crippen MR) is 124 cm³/mol. The van der Waals surface area contributed by atoms with Crippen molar-refractivity contribution in [3.63, 3.8) is 0 Å². The number of aromatic carboxylic acids is 1. The smallest absolute Gasteiger partial charge is 0.335 e. The van der Waals surface area contributed by atoms with Crippen molar-refractivity contribution >= 4 is 29.2 Å². The number of carboxylic acid groups (broad SMARTS) is 1. The lowest BCUT2D eigenvalue weighted by Crippen LogP contribution is -2.24. The molecule has 5 heteroatoms. The lowest BCUT2D eigenvalue weighted by molar-refractivity contribution is 0.0697. The Bertz CT molecular complexity index is 1020. The van der Waals surface area contributed by atoms with Gasteiger partial charge in [-0.15, -0.1) is 0 Å². The summed E-state index contributed by atoms with van der Waals surface area (Å²) in [6.07, 6.45) is 2.26. The minimum absolute atomic E-state index is 0.339. The van der Waals surface area contributed by atoms with Gasteiger partial charge >= 0.3 is 5.97 Å². The van der Waals surface area contributed by atoms with E-state index in [1.165, 1.54) is 16.7 Å². The van der Waals surface area contributed by atoms with E-state index in [1.807, 2.05) is 26.1 Å². The number of hydrogen-bond acceptors (Lipinski definition) is 2. The van der Waals surface area contributed by atoms with Crippen LogP contribution < -0.4 is 5.32 Å². The third-order valence-corrected chi connectivity index (χ3v) is 6.22. The second-order valence-electron chi connectivity index (χ2n) is 7.44. The number of hydrogen-bond donors (Lipinski definition) is 2. The molecule has 30 heavy (non-hydrogen) atoms. The van der Waals surface area contributed by atoms with Crippen LogP contribution >= 0.6 is 23.2 Å². The molecule has 0 spiro atoms. The fourth-order valence-electron chi connectivity index (χ4n) is 3.86. The summed E-state index contributed by atoms with van der Waals surface area (Å²) in [6, 6.07) is 21.9. The summed E-state index contributed by atoms with van der Waals surface area (Å²) in [5.74, 6) is -0.467. The first-order valence-electron chi connectivity index (χ1n) is 9.91. The van der Waals surface area contributed by atoms with E-state index in [2.05, 4.69) is 35.6 Å². The van der Waals surface area contributed by atoms with E-state index in [9.17, 15) is 4.79 Å². The summed E-state index contributed by atoms with van der Waals surface area (Å²) < 4.78 is 0. The Morgan fingerprint density at radius 2 is 1.60 bits per heavy atom. The number of aryl methyl sites for hydroxylation is 1. The van der Waals surface area contributed by atoms with E-state index >= 15 is 0 Å². The summed E-state index contributed by atoms with van der Waals surface area (Å²) in [6.45, 7) is 1.92. The highest BCUT2D eigenvalue weighted by molar-refractivity contribution is 6.42. The van der Waals surface area contributed by atoms with Gasteiger partial charge in [0.25, 0.3) is 0 Å². The molecular formula is C25H25Cl2NO2. The maximum atomic E-state index is 10.3. The number of nitrogens with one attached hydrogen (secondary N) is 1. The van der Waals surface area contributed by atoms with Crippen LogP contribution in [-0.4, -0.2) is 18.1 Å². The first-order valence-corrected chi connectivity index (χ1v) is 10.7. The van der Waals surface area contributed by atoms with Crippen LogP contribution in [0.4, 0.5) is 0 Å². The van der Waals surface area contributed by atoms with Crippen molar-refractivity contribution in [3.05, 3.63) is 105 Å². The topological polar surface area (TPSA) is 49.3 Å². The molecule has 3 aromatic rings. The highest BCUT2D eigenvalue weighted by Crippen LogP contribution is 2.42. The normalized spacial score (nSPS) is 17.5. The van der Waals surface area contributed by atoms with Gasteiger partial charge in [0, 0.05) is 12.0 Å². The summed E-state index contributed by atoms with van der Waals surface area (Å²) in [5.41, 5.74) is 5.46. The van der Waals surface area contributed by atoms with E-state index in [4.69, 9.17) is 28.3 Å². The molecule has 3 aromatic carbocycles. The average Bonchev–Trinajstić information content (AvgIpc) is 2.76. The van der Waals surface area contributed by atoms with Gasteiger partial charge in [0.2, 0.25) is 0 Å². The number of carboxylic acids is 1. The number of benzene rings is 3. The Morgan fingerprint density at radius 1 is 0.933 bits per heavy atom. The largest absolute Gasteiger partial charge is 0.478 e. The van der Waals surface area contributed by atoms with Crippen LogP contribution in [0.1, 0.15) is 57.4 Å². The number of rotatable bonds is 3. The van der Waals surface area contributed by atoms with E-state index < -0.39 is 5.97 Å². The van der Waals surface area contributed by atoms with Crippen molar-refractivity contribution in [2.24, 2.45) is 0 Å². The molecule has 0 heterocycles. The predicted octanol–water partition coefficient (Wildman–Crippen LogP) is 6.87. The molecule has 0 fully saturated rings. The molecule has 0 aliphatic heterocycles. The standard InChI is InChI=1S/C17H17Cl2N.C8H8O2/c1-20-17-9-7-12(13-4-2-3-5-14(13)17)11-6-8-15(18)16(19)10-11;1-6-2-4-7(5-3-6)8(9)10/h2-6,8,10,12,17,20H,7,9H2,1H3;2-5H,1H3,(H,9,10)/t12-,17-;/m0./s1. The number of carbonyl (C=O) groups is 1. The molecule has 1 aliphatic carbocycles. The van der Waals surface area contributed by atoms with Gasteiger partial charge in [0.15, 0.2) is 0 Å². The summed E-state index contributed by atoms with van der Waals surface area (Å²) in [4.78, 5) is 10.3. The van der Waals surface area contributed by atoms with Gasteiger partial charge < -0.3 is 10.4 Å². The van der Waals surface area contributed by atoms with Crippen LogP contribution in [0.25, 0.3) is 0 Å². The van der Waals surface area contributed by atoms with Gasteiger partial charge in [-0.25, -0.2) is 4.79 Å². The van der Waals surface area contributed by atoms with Crippen molar-refractivity contribution in [2.45, 2.75) is 31.7 Å². The van der Waals surface area contributed by atoms with Gasteiger partial charge in [0.1, 0.15) is 0 Å². The van der Waals surface area contributed by atoms with Crippen LogP contribution in [-0.2, 0) is 0 Å². The molecule has 0 saturated heterocycles. The van der Waals surface area contributed by atoms with E-state index in [0.717, 1.165) is 18.4 Å². The number of halogens is 2. The van der Waals surface area contributed by atoms with Crippen molar-refractivity contribution in [2.75, 3.05) is 7.05 Å². The van der Waals surface area contributed by atoms with Crippen LogP contribution in [0.2, 0.25) is 10.0 Å². The SMILES string of the molecule is CN[C@H]1CC[C@@H](c2ccc(Cl)c(Cl)c2)c2ccccc21.Cc1ccc(C(=O)O)cc1. The Hall–Kier alpha value is -2.33. The lowest BCUT2D eigenvalue weighted by atomic mass is 9.77. The first-order chi connectivity index (χ1) is 14.4. The molecule has 4 rings (SSSR count). The second-order valence-corrected chi connectivity index (χ2v) is 8.26.